The van der Waals surface area contributed by atoms with E-state index in [4.69, 9.17) is 28.4 Å². The molecular formula is C32H46O10. The van der Waals surface area contributed by atoms with Gasteiger partial charge in [0.1, 0.15) is 17.8 Å². The van der Waals surface area contributed by atoms with Crippen molar-refractivity contribution in [1.82, 2.24) is 0 Å². The quantitative estimate of drug-likeness (QED) is 0.252. The molecule has 1 N–H and O–H groups in total. The highest BCUT2D eigenvalue weighted by atomic mass is 16.7. The molecule has 3 heterocycles. The Morgan fingerprint density at radius 2 is 1.69 bits per heavy atom. The molecule has 2 saturated carbocycles. The van der Waals surface area contributed by atoms with Gasteiger partial charge in [0.2, 0.25) is 6.29 Å². The van der Waals surface area contributed by atoms with E-state index in [0.29, 0.717) is 30.6 Å². The molecule has 2 aliphatic carbocycles. The van der Waals surface area contributed by atoms with Gasteiger partial charge >= 0.3 is 17.9 Å². The average molecular weight is 591 g/mol. The van der Waals surface area contributed by atoms with Gasteiger partial charge in [0.25, 0.3) is 0 Å². The van der Waals surface area contributed by atoms with Crippen molar-refractivity contribution in [2.75, 3.05) is 13.2 Å². The standard InChI is InChI=1S/C32H46O10/c1-8-17(3)26(34)41-24-19(5)30(7,12-10-21-11-13-37-28(21)36)23-14-22-15-32(29(40-22)42-27(35)18(4)9-2)31(23,16-38-32)25(24)39-20(6)33/h8-9,19,21-25,28-29,36H,10-16H2,1-7H3/b17-8+,18-9+/t19-,21-,22?,23-,24?,25?,28?,29?,30+,31+,32-/m0/s1. The van der Waals surface area contributed by atoms with Gasteiger partial charge in [-0.05, 0) is 64.7 Å². The molecule has 10 heteroatoms. The molecule has 3 aliphatic heterocycles. The summed E-state index contributed by atoms with van der Waals surface area (Å²) < 4.78 is 36.6. The van der Waals surface area contributed by atoms with Crippen LogP contribution in [0.15, 0.2) is 23.3 Å². The van der Waals surface area contributed by atoms with Crippen molar-refractivity contribution >= 4 is 17.9 Å². The van der Waals surface area contributed by atoms with Crippen LogP contribution in [0.25, 0.3) is 0 Å². The summed E-state index contributed by atoms with van der Waals surface area (Å²) in [5, 5.41) is 10.4. The highest BCUT2D eigenvalue weighted by Crippen LogP contribution is 2.73. The van der Waals surface area contributed by atoms with Crippen LogP contribution in [-0.4, -0.2) is 72.7 Å². The van der Waals surface area contributed by atoms with Crippen molar-refractivity contribution < 1.29 is 47.9 Å². The van der Waals surface area contributed by atoms with Crippen LogP contribution >= 0.6 is 0 Å². The van der Waals surface area contributed by atoms with Crippen molar-refractivity contribution in [1.29, 1.82) is 0 Å². The number of hydrogen-bond acceptors (Lipinski definition) is 10. The Bertz CT molecular complexity index is 1160. The molecule has 0 radical (unpaired) electrons. The number of rotatable bonds is 8. The molecule has 2 spiro atoms. The molecule has 0 amide bonds. The monoisotopic (exact) mass is 590 g/mol. The highest BCUT2D eigenvalue weighted by molar-refractivity contribution is 5.88. The summed E-state index contributed by atoms with van der Waals surface area (Å²) in [6.07, 6.45) is 3.08. The van der Waals surface area contributed by atoms with Crippen LogP contribution in [-0.2, 0) is 42.8 Å². The molecule has 5 rings (SSSR count). The third kappa shape index (κ3) is 4.64. The van der Waals surface area contributed by atoms with Crippen LogP contribution < -0.4 is 0 Å². The Labute approximate surface area is 248 Å². The molecule has 2 bridgehead atoms. The van der Waals surface area contributed by atoms with E-state index in [2.05, 4.69) is 13.8 Å². The van der Waals surface area contributed by atoms with E-state index in [1.165, 1.54) is 6.92 Å². The van der Waals surface area contributed by atoms with Crippen molar-refractivity contribution in [2.45, 2.75) is 117 Å². The number of allylic oxidation sites excluding steroid dienone is 2. The van der Waals surface area contributed by atoms with Crippen LogP contribution in [0.3, 0.4) is 0 Å². The molecule has 234 valence electrons. The first-order chi connectivity index (χ1) is 19.8. The topological polar surface area (TPSA) is 127 Å². The maximum Gasteiger partial charge on any atom is 0.335 e. The Morgan fingerprint density at radius 1 is 1.02 bits per heavy atom. The summed E-state index contributed by atoms with van der Waals surface area (Å²) in [5.41, 5.74) is -1.42. The van der Waals surface area contributed by atoms with Crippen LogP contribution in [0.5, 0.6) is 0 Å². The summed E-state index contributed by atoms with van der Waals surface area (Å²) in [7, 11) is 0. The molecule has 10 nitrogen and oxygen atoms in total. The SMILES string of the molecule is C/C=C(\C)C(=O)OC1C(OC(C)=O)[C@]23CO[C@]24CC(C[C@H]3[C@](C)(CC[C@H]2CCOC2O)[C@H]1C)OC4OC(=O)/C(C)=C/C. The van der Waals surface area contributed by atoms with Gasteiger partial charge < -0.3 is 33.5 Å². The molecule has 0 aromatic rings. The second-order valence-corrected chi connectivity index (χ2v) is 13.2. The Kier molecular flexibility index (Phi) is 8.41. The molecule has 42 heavy (non-hydrogen) atoms. The number of aliphatic hydroxyl groups is 1. The minimum atomic E-state index is -1.07. The first-order valence-corrected chi connectivity index (χ1v) is 15.3. The van der Waals surface area contributed by atoms with E-state index in [-0.39, 0.29) is 30.5 Å². The van der Waals surface area contributed by atoms with Gasteiger partial charge in [0.05, 0.1) is 24.7 Å². The van der Waals surface area contributed by atoms with Gasteiger partial charge in [-0.1, -0.05) is 26.0 Å². The number of ether oxygens (including phenoxy) is 6. The second kappa shape index (κ2) is 11.3. The highest BCUT2D eigenvalue weighted by Gasteiger charge is 2.84. The lowest BCUT2D eigenvalue weighted by Crippen LogP contribution is -2.82. The molecule has 0 aromatic carbocycles. The fourth-order valence-corrected chi connectivity index (χ4v) is 8.45. The van der Waals surface area contributed by atoms with E-state index >= 15 is 0 Å². The summed E-state index contributed by atoms with van der Waals surface area (Å²) in [6, 6.07) is 0. The van der Waals surface area contributed by atoms with Gasteiger partial charge in [-0.2, -0.15) is 0 Å². The number of carbonyl (C=O) groups excluding carboxylic acids is 3. The fourth-order valence-electron chi connectivity index (χ4n) is 8.45. The zero-order valence-corrected chi connectivity index (χ0v) is 25.8. The molecular weight excluding hydrogens is 544 g/mol. The zero-order valence-electron chi connectivity index (χ0n) is 25.8. The van der Waals surface area contributed by atoms with Gasteiger partial charge in [0.15, 0.2) is 6.29 Å². The number of hydrogen-bond donors (Lipinski definition) is 1. The largest absolute Gasteiger partial charge is 0.458 e. The Balaban J connectivity index is 1.60. The van der Waals surface area contributed by atoms with Crippen molar-refractivity contribution in [3.8, 4) is 0 Å². The molecule has 5 aliphatic rings. The maximum atomic E-state index is 13.3. The zero-order chi connectivity index (χ0) is 30.6. The lowest BCUT2D eigenvalue weighted by molar-refractivity contribution is -0.398. The molecule has 5 fully saturated rings. The van der Waals surface area contributed by atoms with Crippen LogP contribution in [0, 0.1) is 28.6 Å². The normalized spacial score (nSPS) is 44.5. The van der Waals surface area contributed by atoms with E-state index in [0.717, 1.165) is 19.3 Å². The van der Waals surface area contributed by atoms with Gasteiger partial charge in [-0.25, -0.2) is 9.59 Å². The minimum absolute atomic E-state index is 0.00288. The smallest absolute Gasteiger partial charge is 0.335 e. The third-order valence-electron chi connectivity index (χ3n) is 11.3. The van der Waals surface area contributed by atoms with E-state index < -0.39 is 59.1 Å². The molecule has 5 unspecified atom stereocenters. The van der Waals surface area contributed by atoms with Crippen molar-refractivity contribution in [2.24, 2.45) is 28.6 Å². The first kappa shape index (κ1) is 31.2. The van der Waals surface area contributed by atoms with Crippen molar-refractivity contribution in [3.05, 3.63) is 23.3 Å². The fraction of sp³-hybridized carbons (Fsp3) is 0.781. The van der Waals surface area contributed by atoms with Gasteiger partial charge in [-0.3, -0.25) is 4.79 Å². The molecule has 3 saturated heterocycles. The predicted octanol–water partition coefficient (Wildman–Crippen LogP) is 3.99. The summed E-state index contributed by atoms with van der Waals surface area (Å²) in [6.45, 7) is 13.3. The summed E-state index contributed by atoms with van der Waals surface area (Å²) in [5.74, 6) is -1.74. The first-order valence-electron chi connectivity index (χ1n) is 15.3. The van der Waals surface area contributed by atoms with Gasteiger partial charge in [0, 0.05) is 36.3 Å². The second-order valence-electron chi connectivity index (χ2n) is 13.2. The van der Waals surface area contributed by atoms with E-state index in [1.807, 2.05) is 0 Å². The molecule has 0 aromatic heterocycles. The Hall–Kier alpha value is -2.27. The number of fused-ring (bicyclic) bond motifs is 1. The summed E-state index contributed by atoms with van der Waals surface area (Å²) in [4.78, 5) is 38.9. The summed E-state index contributed by atoms with van der Waals surface area (Å²) >= 11 is 0. The minimum Gasteiger partial charge on any atom is -0.458 e. The van der Waals surface area contributed by atoms with Crippen molar-refractivity contribution in [3.63, 3.8) is 0 Å². The van der Waals surface area contributed by atoms with Crippen LogP contribution in [0.4, 0.5) is 0 Å². The molecule has 11 atom stereocenters. The number of esters is 3. The maximum absolute atomic E-state index is 13.3. The third-order valence-corrected chi connectivity index (χ3v) is 11.3. The van der Waals surface area contributed by atoms with E-state index in [1.54, 1.807) is 39.8 Å². The lowest BCUT2D eigenvalue weighted by atomic mass is 9.39. The number of aliphatic hydroxyl groups excluding tert-OH is 1. The van der Waals surface area contributed by atoms with Crippen LogP contribution in [0.2, 0.25) is 0 Å². The van der Waals surface area contributed by atoms with E-state index in [9.17, 15) is 19.5 Å². The number of carbonyl (C=O) groups is 3. The lowest BCUT2D eigenvalue weighted by Gasteiger charge is -2.72. The van der Waals surface area contributed by atoms with Gasteiger partial charge in [-0.15, -0.1) is 0 Å². The average Bonchev–Trinajstić information content (AvgIpc) is 3.52. The predicted molar refractivity (Wildman–Crippen MR) is 149 cm³/mol. The van der Waals surface area contributed by atoms with Crippen LogP contribution in [0.1, 0.15) is 80.6 Å². The Morgan fingerprint density at radius 3 is 2.24 bits per heavy atom.